The normalized spacial score (nSPS) is 25.0. The molecule has 0 radical (unpaired) electrons. The minimum absolute atomic E-state index is 0.00712. The van der Waals surface area contributed by atoms with Crippen molar-refractivity contribution in [3.05, 3.63) is 42.0 Å². The number of ketones is 1. The van der Waals surface area contributed by atoms with Gasteiger partial charge >= 0.3 is 5.97 Å². The molecular formula is C32H48O3. The maximum absolute atomic E-state index is 12.8. The first-order valence-electron chi connectivity index (χ1n) is 14.6. The molecule has 3 nitrogen and oxygen atoms in total. The summed E-state index contributed by atoms with van der Waals surface area (Å²) in [5.41, 5.74) is 0.636. The van der Waals surface area contributed by atoms with E-state index in [0.29, 0.717) is 11.3 Å². The average molecular weight is 481 g/mol. The molecule has 2 aliphatic rings. The van der Waals surface area contributed by atoms with Crippen LogP contribution >= 0.6 is 0 Å². The Bertz CT molecular complexity index is 778. The zero-order chi connectivity index (χ0) is 24.9. The molecule has 35 heavy (non-hydrogen) atoms. The first kappa shape index (κ1) is 27.7. The van der Waals surface area contributed by atoms with Gasteiger partial charge in [-0.25, -0.2) is 0 Å². The van der Waals surface area contributed by atoms with Crippen molar-refractivity contribution in [2.24, 2.45) is 23.7 Å². The quantitative estimate of drug-likeness (QED) is 0.0929. The standard InChI is InChI=1S/C32H48O3/c1-3-5-7-8-10-12-31(33)28-21-23-30(24-22-28)35-32(34)29-19-17-27(18-20-29)26-15-13-25(14-16-26)11-9-6-4-2/h10,12,21-27,29H,3-9,11,13-20H2,1-2H3. The van der Waals surface area contributed by atoms with E-state index in [1.807, 2.05) is 6.08 Å². The molecule has 0 bridgehead atoms. The summed E-state index contributed by atoms with van der Waals surface area (Å²) in [5.74, 6) is 3.11. The smallest absolute Gasteiger partial charge is 0.314 e. The van der Waals surface area contributed by atoms with Gasteiger partial charge in [-0.15, -0.1) is 0 Å². The molecule has 0 aliphatic heterocycles. The van der Waals surface area contributed by atoms with Gasteiger partial charge in [0.05, 0.1) is 5.92 Å². The molecule has 1 aromatic carbocycles. The second-order valence-corrected chi connectivity index (χ2v) is 11.1. The van der Waals surface area contributed by atoms with Crippen molar-refractivity contribution >= 4 is 11.8 Å². The van der Waals surface area contributed by atoms with Crippen LogP contribution in [0.1, 0.15) is 127 Å². The second kappa shape index (κ2) is 15.3. The van der Waals surface area contributed by atoms with E-state index in [9.17, 15) is 9.59 Å². The van der Waals surface area contributed by atoms with Crippen molar-refractivity contribution in [3.63, 3.8) is 0 Å². The lowest BCUT2D eigenvalue weighted by Crippen LogP contribution is -2.30. The maximum Gasteiger partial charge on any atom is 0.314 e. The summed E-state index contributed by atoms with van der Waals surface area (Å²) >= 11 is 0. The number of carbonyl (C=O) groups is 2. The molecule has 0 N–H and O–H groups in total. The van der Waals surface area contributed by atoms with Gasteiger partial charge in [-0.1, -0.05) is 71.3 Å². The lowest BCUT2D eigenvalue weighted by atomic mass is 9.68. The molecule has 0 unspecified atom stereocenters. The van der Waals surface area contributed by atoms with E-state index in [1.165, 1.54) is 77.0 Å². The van der Waals surface area contributed by atoms with Gasteiger partial charge in [-0.2, -0.15) is 0 Å². The van der Waals surface area contributed by atoms with Gasteiger partial charge in [-0.3, -0.25) is 9.59 Å². The Morgan fingerprint density at radius 3 is 2.03 bits per heavy atom. The molecule has 2 saturated carbocycles. The zero-order valence-electron chi connectivity index (χ0n) is 22.3. The third kappa shape index (κ3) is 9.24. The Hall–Kier alpha value is -1.90. The predicted molar refractivity (Wildman–Crippen MR) is 145 cm³/mol. The Labute approximate surface area is 214 Å². The van der Waals surface area contributed by atoms with Crippen LogP contribution in [0.5, 0.6) is 5.75 Å². The third-order valence-corrected chi connectivity index (χ3v) is 8.48. The minimum atomic E-state index is -0.0991. The van der Waals surface area contributed by atoms with Gasteiger partial charge in [0.25, 0.3) is 0 Å². The van der Waals surface area contributed by atoms with Gasteiger partial charge in [0.15, 0.2) is 5.78 Å². The number of unbranched alkanes of at least 4 members (excludes halogenated alkanes) is 5. The summed E-state index contributed by atoms with van der Waals surface area (Å²) in [7, 11) is 0. The molecule has 2 fully saturated rings. The Balaban J connectivity index is 1.37. The van der Waals surface area contributed by atoms with Crippen molar-refractivity contribution in [1.29, 1.82) is 0 Å². The van der Waals surface area contributed by atoms with Gasteiger partial charge in [0, 0.05) is 5.56 Å². The van der Waals surface area contributed by atoms with Crippen LogP contribution in [0.3, 0.4) is 0 Å². The molecule has 0 heterocycles. The number of rotatable bonds is 13. The van der Waals surface area contributed by atoms with E-state index in [4.69, 9.17) is 4.74 Å². The molecule has 0 atom stereocenters. The molecule has 0 spiro atoms. The summed E-state index contributed by atoms with van der Waals surface area (Å²) in [6.45, 7) is 4.46. The summed E-state index contributed by atoms with van der Waals surface area (Å²) in [4.78, 5) is 25.1. The van der Waals surface area contributed by atoms with Crippen LogP contribution in [-0.2, 0) is 4.79 Å². The lowest BCUT2D eigenvalue weighted by Gasteiger charge is -2.37. The fourth-order valence-electron chi connectivity index (χ4n) is 6.14. The first-order valence-corrected chi connectivity index (χ1v) is 14.6. The second-order valence-electron chi connectivity index (χ2n) is 11.1. The fourth-order valence-corrected chi connectivity index (χ4v) is 6.14. The summed E-state index contributed by atoms with van der Waals surface area (Å²) in [5, 5.41) is 0. The largest absolute Gasteiger partial charge is 0.426 e. The highest BCUT2D eigenvalue weighted by molar-refractivity contribution is 6.04. The Kier molecular flexibility index (Phi) is 12.1. The van der Waals surface area contributed by atoms with E-state index in [0.717, 1.165) is 43.4 Å². The molecule has 0 saturated heterocycles. The number of carbonyl (C=O) groups excluding carboxylic acids is 2. The molecule has 3 rings (SSSR count). The van der Waals surface area contributed by atoms with Crippen LogP contribution in [-0.4, -0.2) is 11.8 Å². The van der Waals surface area contributed by atoms with Crippen LogP contribution in [0, 0.1) is 23.7 Å². The molecule has 1 aromatic rings. The number of hydrogen-bond donors (Lipinski definition) is 0. The van der Waals surface area contributed by atoms with Crippen LogP contribution < -0.4 is 4.74 Å². The topological polar surface area (TPSA) is 43.4 Å². The number of benzene rings is 1. The molecule has 0 aromatic heterocycles. The Morgan fingerprint density at radius 2 is 1.40 bits per heavy atom. The molecule has 0 amide bonds. The monoisotopic (exact) mass is 480 g/mol. The van der Waals surface area contributed by atoms with E-state index in [1.54, 1.807) is 30.3 Å². The zero-order valence-corrected chi connectivity index (χ0v) is 22.3. The summed E-state index contributed by atoms with van der Waals surface area (Å²) in [6, 6.07) is 7.02. The molecule has 2 aliphatic carbocycles. The molecule has 3 heteroatoms. The minimum Gasteiger partial charge on any atom is -0.426 e. The number of hydrogen-bond acceptors (Lipinski definition) is 3. The van der Waals surface area contributed by atoms with Gasteiger partial charge < -0.3 is 4.74 Å². The predicted octanol–water partition coefficient (Wildman–Crippen LogP) is 9.10. The van der Waals surface area contributed by atoms with Crippen molar-refractivity contribution in [1.82, 2.24) is 0 Å². The molecule has 194 valence electrons. The van der Waals surface area contributed by atoms with Gasteiger partial charge in [-0.05, 0) is 99.5 Å². The van der Waals surface area contributed by atoms with E-state index >= 15 is 0 Å². The highest BCUT2D eigenvalue weighted by Gasteiger charge is 2.33. The van der Waals surface area contributed by atoms with Crippen molar-refractivity contribution in [3.8, 4) is 5.75 Å². The number of esters is 1. The maximum atomic E-state index is 12.8. The fraction of sp³-hybridized carbons (Fsp3) is 0.688. The average Bonchev–Trinajstić information content (AvgIpc) is 2.89. The lowest BCUT2D eigenvalue weighted by molar-refractivity contribution is -0.140. The summed E-state index contributed by atoms with van der Waals surface area (Å²) in [6.07, 6.45) is 23.5. The molecular weight excluding hydrogens is 432 g/mol. The van der Waals surface area contributed by atoms with Gasteiger partial charge in [0.2, 0.25) is 0 Å². The van der Waals surface area contributed by atoms with E-state index < -0.39 is 0 Å². The highest BCUT2D eigenvalue weighted by atomic mass is 16.5. The SMILES string of the molecule is CCCCCC=CC(=O)c1ccc(OC(=O)C2CCC(C3CCC(CCCCC)CC3)CC2)cc1. The number of ether oxygens (including phenoxy) is 1. The Morgan fingerprint density at radius 1 is 0.800 bits per heavy atom. The van der Waals surface area contributed by atoms with Crippen molar-refractivity contribution in [2.45, 2.75) is 117 Å². The van der Waals surface area contributed by atoms with Gasteiger partial charge in [0.1, 0.15) is 5.75 Å². The first-order chi connectivity index (χ1) is 17.1. The van der Waals surface area contributed by atoms with Crippen molar-refractivity contribution < 1.29 is 14.3 Å². The summed E-state index contributed by atoms with van der Waals surface area (Å²) < 4.78 is 5.69. The van der Waals surface area contributed by atoms with Crippen molar-refractivity contribution in [2.75, 3.05) is 0 Å². The van der Waals surface area contributed by atoms with Crippen LogP contribution in [0.2, 0.25) is 0 Å². The third-order valence-electron chi connectivity index (χ3n) is 8.48. The van der Waals surface area contributed by atoms with E-state index in [-0.39, 0.29) is 17.7 Å². The van der Waals surface area contributed by atoms with Crippen LogP contribution in [0.15, 0.2) is 36.4 Å². The van der Waals surface area contributed by atoms with Crippen LogP contribution in [0.4, 0.5) is 0 Å². The highest BCUT2D eigenvalue weighted by Crippen LogP contribution is 2.42. The van der Waals surface area contributed by atoms with E-state index in [2.05, 4.69) is 13.8 Å². The number of allylic oxidation sites excluding steroid dienone is 2. The van der Waals surface area contributed by atoms with Crippen LogP contribution in [0.25, 0.3) is 0 Å².